The SMILES string of the molecule is COc1ccc(C2CCCN2C(=O)CC(CN)OC)c(OC)c1. The predicted molar refractivity (Wildman–Crippen MR) is 87.7 cm³/mol. The van der Waals surface area contributed by atoms with E-state index in [1.807, 2.05) is 23.1 Å². The Kier molecular flexibility index (Phi) is 6.24. The van der Waals surface area contributed by atoms with Crippen LogP contribution in [0.4, 0.5) is 0 Å². The molecule has 6 nitrogen and oxygen atoms in total. The summed E-state index contributed by atoms with van der Waals surface area (Å²) in [6.07, 6.45) is 1.98. The van der Waals surface area contributed by atoms with Crippen molar-refractivity contribution in [2.75, 3.05) is 34.4 Å². The highest BCUT2D eigenvalue weighted by molar-refractivity contribution is 5.77. The highest BCUT2D eigenvalue weighted by atomic mass is 16.5. The third kappa shape index (κ3) is 3.95. The lowest BCUT2D eigenvalue weighted by atomic mass is 10.0. The topological polar surface area (TPSA) is 74.0 Å². The zero-order valence-electron chi connectivity index (χ0n) is 14.1. The third-order valence-electron chi connectivity index (χ3n) is 4.37. The van der Waals surface area contributed by atoms with Crippen LogP contribution in [0.15, 0.2) is 18.2 Å². The smallest absolute Gasteiger partial charge is 0.225 e. The minimum atomic E-state index is -0.235. The lowest BCUT2D eigenvalue weighted by molar-refractivity contribution is -0.134. The first-order valence-corrected chi connectivity index (χ1v) is 7.88. The number of methoxy groups -OCH3 is 3. The maximum absolute atomic E-state index is 12.6. The summed E-state index contributed by atoms with van der Waals surface area (Å²) in [5.41, 5.74) is 6.64. The van der Waals surface area contributed by atoms with E-state index >= 15 is 0 Å². The molecule has 2 unspecified atom stereocenters. The van der Waals surface area contributed by atoms with Gasteiger partial charge in [-0.15, -0.1) is 0 Å². The van der Waals surface area contributed by atoms with Gasteiger partial charge in [0.15, 0.2) is 0 Å². The van der Waals surface area contributed by atoms with Crippen LogP contribution in [0, 0.1) is 0 Å². The quantitative estimate of drug-likeness (QED) is 0.827. The van der Waals surface area contributed by atoms with Crippen LogP contribution in [0.2, 0.25) is 0 Å². The number of ether oxygens (including phenoxy) is 3. The van der Waals surface area contributed by atoms with Gasteiger partial charge in [0.2, 0.25) is 5.91 Å². The number of benzene rings is 1. The molecule has 2 atom stereocenters. The molecule has 128 valence electrons. The van der Waals surface area contributed by atoms with Gasteiger partial charge in [-0.3, -0.25) is 4.79 Å². The van der Waals surface area contributed by atoms with Gasteiger partial charge in [-0.1, -0.05) is 0 Å². The fourth-order valence-electron chi connectivity index (χ4n) is 3.06. The molecule has 0 aliphatic carbocycles. The monoisotopic (exact) mass is 322 g/mol. The molecular formula is C17H26N2O4. The van der Waals surface area contributed by atoms with Crippen molar-refractivity contribution in [2.45, 2.75) is 31.4 Å². The van der Waals surface area contributed by atoms with Crippen LogP contribution >= 0.6 is 0 Å². The van der Waals surface area contributed by atoms with Gasteiger partial charge in [-0.05, 0) is 25.0 Å². The second kappa shape index (κ2) is 8.17. The number of carbonyl (C=O) groups is 1. The first-order chi connectivity index (χ1) is 11.1. The molecule has 0 spiro atoms. The molecule has 1 aliphatic heterocycles. The Morgan fingerprint density at radius 2 is 2.13 bits per heavy atom. The van der Waals surface area contributed by atoms with Gasteiger partial charge in [0.1, 0.15) is 11.5 Å². The molecule has 1 heterocycles. The van der Waals surface area contributed by atoms with Crippen molar-refractivity contribution in [3.63, 3.8) is 0 Å². The predicted octanol–water partition coefficient (Wildman–Crippen LogP) is 1.73. The fraction of sp³-hybridized carbons (Fsp3) is 0.588. The number of hydrogen-bond acceptors (Lipinski definition) is 5. The largest absolute Gasteiger partial charge is 0.497 e. The second-order valence-corrected chi connectivity index (χ2v) is 5.65. The molecular weight excluding hydrogens is 296 g/mol. The summed E-state index contributed by atoms with van der Waals surface area (Å²) in [6, 6.07) is 5.76. The molecule has 0 radical (unpaired) electrons. The Hall–Kier alpha value is -1.79. The van der Waals surface area contributed by atoms with Crippen LogP contribution in [0.5, 0.6) is 11.5 Å². The number of nitrogens with zero attached hydrogens (tertiary/aromatic N) is 1. The summed E-state index contributed by atoms with van der Waals surface area (Å²) in [7, 11) is 4.84. The Balaban J connectivity index is 2.20. The molecule has 2 rings (SSSR count). The van der Waals surface area contributed by atoms with Crippen molar-refractivity contribution in [1.29, 1.82) is 0 Å². The van der Waals surface area contributed by atoms with Gasteiger partial charge in [0.05, 0.1) is 32.8 Å². The van der Waals surface area contributed by atoms with E-state index in [9.17, 15) is 4.79 Å². The number of carbonyl (C=O) groups excluding carboxylic acids is 1. The van der Waals surface area contributed by atoms with Gasteiger partial charge < -0.3 is 24.8 Å². The third-order valence-corrected chi connectivity index (χ3v) is 4.37. The molecule has 23 heavy (non-hydrogen) atoms. The maximum atomic E-state index is 12.6. The summed E-state index contributed by atoms with van der Waals surface area (Å²) < 4.78 is 16.0. The first kappa shape index (κ1) is 17.6. The summed E-state index contributed by atoms with van der Waals surface area (Å²) in [6.45, 7) is 1.09. The van der Waals surface area contributed by atoms with Crippen LogP contribution in [-0.2, 0) is 9.53 Å². The van der Waals surface area contributed by atoms with Crippen LogP contribution in [0.25, 0.3) is 0 Å². The number of amides is 1. The highest BCUT2D eigenvalue weighted by Gasteiger charge is 2.32. The lowest BCUT2D eigenvalue weighted by Crippen LogP contribution is -2.35. The first-order valence-electron chi connectivity index (χ1n) is 7.88. The van der Waals surface area contributed by atoms with E-state index in [-0.39, 0.29) is 18.1 Å². The Labute approximate surface area is 137 Å². The molecule has 1 amide bonds. The summed E-state index contributed by atoms with van der Waals surface area (Å²) in [5.74, 6) is 1.56. The van der Waals surface area contributed by atoms with Gasteiger partial charge in [-0.2, -0.15) is 0 Å². The Bertz CT molecular complexity index is 531. The van der Waals surface area contributed by atoms with E-state index in [1.165, 1.54) is 0 Å². The fourth-order valence-corrected chi connectivity index (χ4v) is 3.06. The number of likely N-dealkylation sites (tertiary alicyclic amines) is 1. The zero-order chi connectivity index (χ0) is 16.8. The molecule has 0 bridgehead atoms. The summed E-state index contributed by atoms with van der Waals surface area (Å²) >= 11 is 0. The van der Waals surface area contributed by atoms with E-state index in [1.54, 1.807) is 21.3 Å². The minimum absolute atomic E-state index is 0.0265. The van der Waals surface area contributed by atoms with Gasteiger partial charge >= 0.3 is 0 Å². The molecule has 1 aliphatic rings. The maximum Gasteiger partial charge on any atom is 0.225 e. The van der Waals surface area contributed by atoms with Crippen LogP contribution in [0.3, 0.4) is 0 Å². The molecule has 0 saturated carbocycles. The lowest BCUT2D eigenvalue weighted by Gasteiger charge is -2.28. The van der Waals surface area contributed by atoms with Gasteiger partial charge in [0.25, 0.3) is 0 Å². The van der Waals surface area contributed by atoms with Crippen LogP contribution < -0.4 is 15.2 Å². The molecule has 0 aromatic heterocycles. The van der Waals surface area contributed by atoms with E-state index in [0.717, 1.165) is 36.4 Å². The average Bonchev–Trinajstić information content (AvgIpc) is 3.08. The Morgan fingerprint density at radius 1 is 1.35 bits per heavy atom. The van der Waals surface area contributed by atoms with E-state index in [2.05, 4.69) is 0 Å². The van der Waals surface area contributed by atoms with E-state index in [4.69, 9.17) is 19.9 Å². The van der Waals surface area contributed by atoms with Crippen molar-refractivity contribution >= 4 is 5.91 Å². The number of nitrogens with two attached hydrogens (primary N) is 1. The number of hydrogen-bond donors (Lipinski definition) is 1. The number of rotatable bonds is 7. The Morgan fingerprint density at radius 3 is 2.74 bits per heavy atom. The average molecular weight is 322 g/mol. The van der Waals surface area contributed by atoms with Crippen molar-refractivity contribution < 1.29 is 19.0 Å². The second-order valence-electron chi connectivity index (χ2n) is 5.65. The standard InChI is InChI=1S/C17H26N2O4/c1-21-12-6-7-14(16(9-12)23-3)15-5-4-8-19(15)17(20)10-13(11-18)22-2/h6-7,9,13,15H,4-5,8,10-11,18H2,1-3H3. The molecule has 6 heteroatoms. The highest BCUT2D eigenvalue weighted by Crippen LogP contribution is 2.39. The van der Waals surface area contributed by atoms with Crippen molar-refractivity contribution in [3.05, 3.63) is 23.8 Å². The molecule has 1 aromatic rings. The van der Waals surface area contributed by atoms with Crippen molar-refractivity contribution in [3.8, 4) is 11.5 Å². The van der Waals surface area contributed by atoms with Crippen LogP contribution in [-0.4, -0.2) is 51.3 Å². The molecule has 2 N–H and O–H groups in total. The van der Waals surface area contributed by atoms with E-state index in [0.29, 0.717) is 13.0 Å². The van der Waals surface area contributed by atoms with Gasteiger partial charge in [0, 0.05) is 31.8 Å². The summed E-state index contributed by atoms with van der Waals surface area (Å²) in [5, 5.41) is 0. The van der Waals surface area contributed by atoms with Crippen molar-refractivity contribution in [1.82, 2.24) is 4.90 Å². The van der Waals surface area contributed by atoms with Gasteiger partial charge in [-0.25, -0.2) is 0 Å². The minimum Gasteiger partial charge on any atom is -0.497 e. The zero-order valence-corrected chi connectivity index (χ0v) is 14.1. The molecule has 1 aromatic carbocycles. The molecule has 1 saturated heterocycles. The molecule has 1 fully saturated rings. The van der Waals surface area contributed by atoms with Crippen LogP contribution in [0.1, 0.15) is 30.9 Å². The summed E-state index contributed by atoms with van der Waals surface area (Å²) in [4.78, 5) is 14.5. The van der Waals surface area contributed by atoms with Crippen molar-refractivity contribution in [2.24, 2.45) is 5.73 Å². The normalized spacial score (nSPS) is 18.8. The van der Waals surface area contributed by atoms with E-state index < -0.39 is 0 Å².